The molecule has 4 nitrogen and oxygen atoms in total. The SMILES string of the molecule is Cc1cc(C(=O)NC#N)cc(Cl)n1. The molecular formula is C8H6ClN3O. The zero-order valence-electron chi connectivity index (χ0n) is 6.84. The van der Waals surface area contributed by atoms with Gasteiger partial charge in [0, 0.05) is 11.3 Å². The zero-order chi connectivity index (χ0) is 9.84. The monoisotopic (exact) mass is 195 g/mol. The quantitative estimate of drug-likeness (QED) is 0.417. The van der Waals surface area contributed by atoms with Gasteiger partial charge in [-0.15, -0.1) is 0 Å². The maximum absolute atomic E-state index is 11.1. The Morgan fingerprint density at radius 3 is 2.92 bits per heavy atom. The smallest absolute Gasteiger partial charge is 0.264 e. The molecule has 0 spiro atoms. The maximum Gasteiger partial charge on any atom is 0.264 e. The number of aryl methyl sites for hydroxylation is 1. The second-order valence-corrected chi connectivity index (χ2v) is 2.77. The molecule has 0 bridgehead atoms. The summed E-state index contributed by atoms with van der Waals surface area (Å²) in [7, 11) is 0. The molecule has 1 N–H and O–H groups in total. The van der Waals surface area contributed by atoms with Gasteiger partial charge in [-0.25, -0.2) is 4.98 Å². The normalized spacial score (nSPS) is 9.00. The van der Waals surface area contributed by atoms with Crippen molar-refractivity contribution in [1.82, 2.24) is 10.3 Å². The first-order valence-electron chi connectivity index (χ1n) is 3.47. The van der Waals surface area contributed by atoms with E-state index in [-0.39, 0.29) is 5.15 Å². The van der Waals surface area contributed by atoms with Crippen LogP contribution in [0.4, 0.5) is 0 Å². The summed E-state index contributed by atoms with van der Waals surface area (Å²) in [4.78, 5) is 15.0. The minimum absolute atomic E-state index is 0.239. The number of halogens is 1. The molecule has 1 heterocycles. The summed E-state index contributed by atoms with van der Waals surface area (Å²) in [6.07, 6.45) is 1.54. The van der Waals surface area contributed by atoms with E-state index in [0.29, 0.717) is 11.3 Å². The molecule has 0 saturated carbocycles. The number of hydrogen-bond donors (Lipinski definition) is 1. The van der Waals surface area contributed by atoms with Crippen LogP contribution in [-0.2, 0) is 0 Å². The topological polar surface area (TPSA) is 65.8 Å². The minimum Gasteiger partial charge on any atom is -0.268 e. The molecule has 1 amide bonds. The third-order valence-corrected chi connectivity index (χ3v) is 1.55. The van der Waals surface area contributed by atoms with Gasteiger partial charge in [-0.2, -0.15) is 5.26 Å². The minimum atomic E-state index is -0.477. The summed E-state index contributed by atoms with van der Waals surface area (Å²) in [5, 5.41) is 10.4. The highest BCUT2D eigenvalue weighted by Gasteiger charge is 2.06. The van der Waals surface area contributed by atoms with Crippen molar-refractivity contribution in [2.45, 2.75) is 6.92 Å². The molecule has 1 aromatic heterocycles. The van der Waals surface area contributed by atoms with Crippen molar-refractivity contribution < 1.29 is 4.79 Å². The van der Waals surface area contributed by atoms with Crippen molar-refractivity contribution in [3.05, 3.63) is 28.5 Å². The van der Waals surface area contributed by atoms with Crippen LogP contribution in [-0.4, -0.2) is 10.9 Å². The number of pyridine rings is 1. The van der Waals surface area contributed by atoms with Crippen LogP contribution in [0.1, 0.15) is 16.1 Å². The van der Waals surface area contributed by atoms with Crippen LogP contribution in [0.2, 0.25) is 5.15 Å². The van der Waals surface area contributed by atoms with Crippen LogP contribution in [0.15, 0.2) is 12.1 Å². The molecule has 0 aliphatic heterocycles. The summed E-state index contributed by atoms with van der Waals surface area (Å²) in [5.41, 5.74) is 0.967. The molecule has 13 heavy (non-hydrogen) atoms. The number of aromatic nitrogens is 1. The Hall–Kier alpha value is -1.60. The fourth-order valence-corrected chi connectivity index (χ4v) is 1.13. The molecule has 0 atom stereocenters. The van der Waals surface area contributed by atoms with E-state index in [0.717, 1.165) is 0 Å². The third-order valence-electron chi connectivity index (χ3n) is 1.35. The van der Waals surface area contributed by atoms with Gasteiger partial charge in [0.15, 0.2) is 6.19 Å². The summed E-state index contributed by atoms with van der Waals surface area (Å²) in [6.45, 7) is 1.72. The van der Waals surface area contributed by atoms with Crippen molar-refractivity contribution in [2.24, 2.45) is 0 Å². The highest BCUT2D eigenvalue weighted by molar-refractivity contribution is 6.29. The number of amides is 1. The van der Waals surface area contributed by atoms with E-state index in [1.165, 1.54) is 6.07 Å². The predicted octanol–water partition coefficient (Wildman–Crippen LogP) is 1.25. The number of nitrogens with zero attached hydrogens (tertiary/aromatic N) is 2. The van der Waals surface area contributed by atoms with Gasteiger partial charge in [0.1, 0.15) is 5.15 Å². The van der Waals surface area contributed by atoms with Gasteiger partial charge in [-0.3, -0.25) is 10.1 Å². The lowest BCUT2D eigenvalue weighted by atomic mass is 10.2. The van der Waals surface area contributed by atoms with Crippen LogP contribution in [0.3, 0.4) is 0 Å². The lowest BCUT2D eigenvalue weighted by Crippen LogP contribution is -2.17. The van der Waals surface area contributed by atoms with Crippen molar-refractivity contribution in [3.8, 4) is 6.19 Å². The molecule has 0 unspecified atom stereocenters. The van der Waals surface area contributed by atoms with E-state index < -0.39 is 5.91 Å². The number of carbonyl (C=O) groups is 1. The van der Waals surface area contributed by atoms with Crippen LogP contribution in [0, 0.1) is 18.4 Å². The lowest BCUT2D eigenvalue weighted by molar-refractivity contribution is 0.0972. The second kappa shape index (κ2) is 3.87. The fraction of sp³-hybridized carbons (Fsp3) is 0.125. The summed E-state index contributed by atoms with van der Waals surface area (Å²) in [5.74, 6) is -0.477. The highest BCUT2D eigenvalue weighted by Crippen LogP contribution is 2.09. The van der Waals surface area contributed by atoms with Crippen LogP contribution in [0.5, 0.6) is 0 Å². The van der Waals surface area contributed by atoms with E-state index in [1.54, 1.807) is 19.2 Å². The van der Waals surface area contributed by atoms with Crippen molar-refractivity contribution >= 4 is 17.5 Å². The van der Waals surface area contributed by atoms with Gasteiger partial charge in [0.05, 0.1) is 0 Å². The molecule has 5 heteroatoms. The van der Waals surface area contributed by atoms with Gasteiger partial charge < -0.3 is 0 Å². The largest absolute Gasteiger partial charge is 0.268 e. The Balaban J connectivity index is 3.02. The van der Waals surface area contributed by atoms with E-state index in [4.69, 9.17) is 16.9 Å². The molecule has 0 saturated heterocycles. The van der Waals surface area contributed by atoms with E-state index in [9.17, 15) is 4.79 Å². The van der Waals surface area contributed by atoms with Crippen molar-refractivity contribution in [2.75, 3.05) is 0 Å². The summed E-state index contributed by atoms with van der Waals surface area (Å²) < 4.78 is 0. The van der Waals surface area contributed by atoms with E-state index >= 15 is 0 Å². The Bertz CT molecular complexity index is 363. The van der Waals surface area contributed by atoms with E-state index in [1.807, 2.05) is 5.32 Å². The van der Waals surface area contributed by atoms with Crippen molar-refractivity contribution in [3.63, 3.8) is 0 Å². The molecule has 0 aromatic carbocycles. The Kier molecular flexibility index (Phi) is 2.83. The number of hydrogen-bond acceptors (Lipinski definition) is 3. The summed E-state index contributed by atoms with van der Waals surface area (Å²) in [6, 6.07) is 2.96. The number of carbonyl (C=O) groups excluding carboxylic acids is 1. The van der Waals surface area contributed by atoms with Gasteiger partial charge in [0.25, 0.3) is 5.91 Å². The summed E-state index contributed by atoms with van der Waals surface area (Å²) >= 11 is 5.62. The Morgan fingerprint density at radius 2 is 2.38 bits per heavy atom. The number of nitriles is 1. The second-order valence-electron chi connectivity index (χ2n) is 2.39. The molecule has 0 aliphatic rings. The van der Waals surface area contributed by atoms with Gasteiger partial charge in [-0.1, -0.05) is 11.6 Å². The molecule has 0 radical (unpaired) electrons. The first-order valence-corrected chi connectivity index (χ1v) is 3.85. The van der Waals surface area contributed by atoms with Crippen LogP contribution >= 0.6 is 11.6 Å². The predicted molar refractivity (Wildman–Crippen MR) is 47.1 cm³/mol. The standard InChI is InChI=1S/C8H6ClN3O/c1-5-2-6(3-7(9)12-5)8(13)11-4-10/h2-3H,1H3,(H,11,13). The highest BCUT2D eigenvalue weighted by atomic mass is 35.5. The van der Waals surface area contributed by atoms with E-state index in [2.05, 4.69) is 4.98 Å². The molecule has 1 rings (SSSR count). The molecule has 0 fully saturated rings. The molecular weight excluding hydrogens is 190 g/mol. The van der Waals surface area contributed by atoms with Gasteiger partial charge in [-0.05, 0) is 19.1 Å². The zero-order valence-corrected chi connectivity index (χ0v) is 7.59. The van der Waals surface area contributed by atoms with Gasteiger partial charge >= 0.3 is 0 Å². The van der Waals surface area contributed by atoms with Crippen LogP contribution < -0.4 is 5.32 Å². The molecule has 66 valence electrons. The number of rotatable bonds is 1. The van der Waals surface area contributed by atoms with Crippen molar-refractivity contribution in [1.29, 1.82) is 5.26 Å². The molecule has 1 aromatic rings. The molecule has 0 aliphatic carbocycles. The Labute approximate surface area is 80.2 Å². The van der Waals surface area contributed by atoms with Crippen LogP contribution in [0.25, 0.3) is 0 Å². The van der Waals surface area contributed by atoms with Gasteiger partial charge in [0.2, 0.25) is 0 Å². The lowest BCUT2D eigenvalue weighted by Gasteiger charge is -1.99. The average Bonchev–Trinajstić information content (AvgIpc) is 2.03. The number of nitrogens with one attached hydrogen (secondary N) is 1. The Morgan fingerprint density at radius 1 is 1.69 bits per heavy atom. The third kappa shape index (κ3) is 2.42. The average molecular weight is 196 g/mol. The fourth-order valence-electron chi connectivity index (χ4n) is 0.882. The first kappa shape index (κ1) is 9.49. The maximum atomic E-state index is 11.1. The first-order chi connectivity index (χ1) is 6.13.